The van der Waals surface area contributed by atoms with Crippen molar-refractivity contribution in [1.29, 1.82) is 0 Å². The van der Waals surface area contributed by atoms with E-state index in [0.717, 1.165) is 0 Å². The highest BCUT2D eigenvalue weighted by molar-refractivity contribution is 5.21. The van der Waals surface area contributed by atoms with Crippen LogP contribution in [0.4, 0.5) is 0 Å². The van der Waals surface area contributed by atoms with Crippen molar-refractivity contribution in [2.24, 2.45) is 5.10 Å². The largest absolute Gasteiger partial charge is 0.231 e. The fraction of sp³-hybridized carbons (Fsp3) is 0.667. The van der Waals surface area contributed by atoms with Gasteiger partial charge in [-0.2, -0.15) is 10.6 Å². The van der Waals surface area contributed by atoms with Gasteiger partial charge >= 0.3 is 0 Å². The van der Waals surface area contributed by atoms with Crippen molar-refractivity contribution >= 4 is 6.72 Å². The molecule has 0 aliphatic rings. The lowest BCUT2D eigenvalue weighted by Gasteiger charge is -2.08. The van der Waals surface area contributed by atoms with Gasteiger partial charge in [0, 0.05) is 20.8 Å². The van der Waals surface area contributed by atoms with Crippen LogP contribution in [-0.2, 0) is 0 Å². The first-order chi connectivity index (χ1) is 3.27. The molecule has 0 aromatic carbocycles. The Morgan fingerprint density at radius 2 is 2.14 bits per heavy atom. The van der Waals surface area contributed by atoms with E-state index in [1.807, 2.05) is 14.1 Å². The van der Waals surface area contributed by atoms with Gasteiger partial charge in [-0.1, -0.05) is 0 Å². The molecule has 0 aliphatic carbocycles. The first-order valence-electron chi connectivity index (χ1n) is 1.91. The topological polar surface area (TPSA) is 39.7 Å². The molecule has 4 heteroatoms. The van der Waals surface area contributed by atoms with Gasteiger partial charge in [0.1, 0.15) is 0 Å². The maximum absolute atomic E-state index is 3.32. The number of rotatable bonds is 3. The summed E-state index contributed by atoms with van der Waals surface area (Å²) in [6.45, 7) is 3.18. The Morgan fingerprint density at radius 3 is 2.29 bits per heavy atom. The van der Waals surface area contributed by atoms with Crippen molar-refractivity contribution in [2.75, 3.05) is 14.1 Å². The van der Waals surface area contributed by atoms with E-state index in [0.29, 0.717) is 0 Å². The zero-order valence-corrected chi connectivity index (χ0v) is 4.60. The van der Waals surface area contributed by atoms with Gasteiger partial charge in [-0.25, -0.2) is 10.5 Å². The van der Waals surface area contributed by atoms with E-state index in [2.05, 4.69) is 22.9 Å². The molecule has 0 atom stereocenters. The molecule has 0 unspecified atom stereocenters. The van der Waals surface area contributed by atoms with Gasteiger partial charge in [-0.05, 0) is 0 Å². The molecule has 0 saturated carbocycles. The number of nitrogens with one attached hydrogen (secondary N) is 2. The molecule has 0 amide bonds. The Hall–Kier alpha value is -0.610. The predicted octanol–water partition coefficient (Wildman–Crippen LogP) is -0.827. The van der Waals surface area contributed by atoms with Crippen molar-refractivity contribution in [2.45, 2.75) is 0 Å². The Labute approximate surface area is 43.1 Å². The van der Waals surface area contributed by atoms with Crippen LogP contribution in [0.1, 0.15) is 0 Å². The molecule has 0 saturated heterocycles. The highest BCUT2D eigenvalue weighted by Crippen LogP contribution is 1.53. The van der Waals surface area contributed by atoms with Gasteiger partial charge in [0.15, 0.2) is 0 Å². The SMILES string of the molecule is C=NNNN(C)C. The molecule has 7 heavy (non-hydrogen) atoms. The van der Waals surface area contributed by atoms with Crippen molar-refractivity contribution in [3.63, 3.8) is 0 Å². The van der Waals surface area contributed by atoms with E-state index >= 15 is 0 Å². The fourth-order valence-electron chi connectivity index (χ4n) is 0.135. The molecule has 0 heterocycles. The Bertz CT molecular complexity index is 50.9. The molecular formula is C3H10N4. The third-order valence-corrected chi connectivity index (χ3v) is 0.353. The van der Waals surface area contributed by atoms with E-state index in [-0.39, 0.29) is 0 Å². The van der Waals surface area contributed by atoms with Gasteiger partial charge in [-0.3, -0.25) is 0 Å². The van der Waals surface area contributed by atoms with E-state index in [4.69, 9.17) is 0 Å². The summed E-state index contributed by atoms with van der Waals surface area (Å²) in [5.74, 6) is 0. The second-order valence-electron chi connectivity index (χ2n) is 1.28. The Kier molecular flexibility index (Phi) is 3.26. The van der Waals surface area contributed by atoms with E-state index in [1.165, 1.54) is 0 Å². The first kappa shape index (κ1) is 6.39. The van der Waals surface area contributed by atoms with Crippen LogP contribution in [-0.4, -0.2) is 25.8 Å². The highest BCUT2D eigenvalue weighted by Gasteiger charge is 1.76. The molecule has 2 N–H and O–H groups in total. The van der Waals surface area contributed by atoms with Gasteiger partial charge in [0.2, 0.25) is 0 Å². The fourth-order valence-corrected chi connectivity index (χ4v) is 0.135. The minimum atomic E-state index is 1.72. The van der Waals surface area contributed by atoms with E-state index in [9.17, 15) is 0 Å². The molecule has 0 aliphatic heterocycles. The molecule has 0 rings (SSSR count). The van der Waals surface area contributed by atoms with Crippen molar-refractivity contribution in [3.8, 4) is 0 Å². The van der Waals surface area contributed by atoms with Crippen LogP contribution in [0.15, 0.2) is 5.10 Å². The van der Waals surface area contributed by atoms with E-state index < -0.39 is 0 Å². The summed E-state index contributed by atoms with van der Waals surface area (Å²) in [6, 6.07) is 0. The summed E-state index contributed by atoms with van der Waals surface area (Å²) in [5, 5.41) is 5.04. The lowest BCUT2D eigenvalue weighted by atomic mass is 11.2. The summed E-state index contributed by atoms with van der Waals surface area (Å²) >= 11 is 0. The third-order valence-electron chi connectivity index (χ3n) is 0.353. The zero-order valence-electron chi connectivity index (χ0n) is 4.60. The zero-order chi connectivity index (χ0) is 5.70. The summed E-state index contributed by atoms with van der Waals surface area (Å²) in [4.78, 5) is 0. The molecular weight excluding hydrogens is 92.1 g/mol. The molecule has 4 nitrogen and oxygen atoms in total. The average molecular weight is 102 g/mol. The molecule has 0 radical (unpaired) electrons. The second-order valence-corrected chi connectivity index (χ2v) is 1.28. The van der Waals surface area contributed by atoms with Gasteiger partial charge < -0.3 is 0 Å². The number of hydrogen-bond donors (Lipinski definition) is 2. The van der Waals surface area contributed by atoms with Crippen molar-refractivity contribution in [3.05, 3.63) is 0 Å². The quantitative estimate of drug-likeness (QED) is 0.361. The first-order valence-corrected chi connectivity index (χ1v) is 1.91. The van der Waals surface area contributed by atoms with Crippen LogP contribution in [0, 0.1) is 0 Å². The smallest absolute Gasteiger partial charge is 0.0121 e. The van der Waals surface area contributed by atoms with Crippen LogP contribution < -0.4 is 11.1 Å². The predicted molar refractivity (Wildman–Crippen MR) is 29.5 cm³/mol. The van der Waals surface area contributed by atoms with Crippen LogP contribution in [0.2, 0.25) is 0 Å². The second kappa shape index (κ2) is 3.58. The maximum atomic E-state index is 3.32. The summed E-state index contributed by atoms with van der Waals surface area (Å²) in [6.07, 6.45) is 0. The summed E-state index contributed by atoms with van der Waals surface area (Å²) < 4.78 is 0. The number of nitrogens with zero attached hydrogens (tertiary/aromatic N) is 2. The minimum absolute atomic E-state index is 1.72. The standard InChI is InChI=1S/C3H10N4/c1-4-5-6-7(2)3/h5-6H,1H2,2-3H3. The number of hydrogen-bond acceptors (Lipinski definition) is 4. The van der Waals surface area contributed by atoms with Gasteiger partial charge in [-0.15, -0.1) is 0 Å². The molecule has 0 aromatic heterocycles. The molecule has 42 valence electrons. The number of hydrazone groups is 1. The van der Waals surface area contributed by atoms with Crippen molar-refractivity contribution < 1.29 is 0 Å². The lowest BCUT2D eigenvalue weighted by molar-refractivity contribution is 0.241. The molecule has 0 bridgehead atoms. The van der Waals surface area contributed by atoms with Crippen LogP contribution in [0.5, 0.6) is 0 Å². The summed E-state index contributed by atoms with van der Waals surface area (Å²) in [5.41, 5.74) is 5.09. The monoisotopic (exact) mass is 102 g/mol. The molecule has 0 fully saturated rings. The Balaban J connectivity index is 2.81. The molecule has 0 spiro atoms. The normalized spacial score (nSPS) is 9.00. The Morgan fingerprint density at radius 1 is 1.57 bits per heavy atom. The van der Waals surface area contributed by atoms with Crippen LogP contribution in [0.25, 0.3) is 0 Å². The third kappa shape index (κ3) is 5.39. The molecule has 0 aromatic rings. The number of hydrazine groups is 2. The summed E-state index contributed by atoms with van der Waals surface area (Å²) in [7, 11) is 3.69. The lowest BCUT2D eigenvalue weighted by Crippen LogP contribution is -2.38. The maximum Gasteiger partial charge on any atom is 0.0121 e. The van der Waals surface area contributed by atoms with Gasteiger partial charge in [0.25, 0.3) is 0 Å². The van der Waals surface area contributed by atoms with Gasteiger partial charge in [0.05, 0.1) is 0 Å². The average Bonchev–Trinajstić information content (AvgIpc) is 1.61. The van der Waals surface area contributed by atoms with Crippen LogP contribution >= 0.6 is 0 Å². The van der Waals surface area contributed by atoms with Crippen molar-refractivity contribution in [1.82, 2.24) is 16.1 Å². The highest BCUT2D eigenvalue weighted by atomic mass is 15.7. The van der Waals surface area contributed by atoms with Crippen LogP contribution in [0.3, 0.4) is 0 Å². The minimum Gasteiger partial charge on any atom is -0.231 e. The van der Waals surface area contributed by atoms with E-state index in [1.54, 1.807) is 5.01 Å².